The monoisotopic (exact) mass is 534 g/mol. The van der Waals surface area contributed by atoms with Crippen molar-refractivity contribution in [1.82, 2.24) is 0 Å². The molecule has 4 aromatic carbocycles. The van der Waals surface area contributed by atoms with Crippen LogP contribution in [0.4, 0.5) is 0 Å². The Bertz CT molecular complexity index is 1290. The molecular formula is C34H38O2Si2. The van der Waals surface area contributed by atoms with E-state index in [4.69, 9.17) is 8.85 Å². The van der Waals surface area contributed by atoms with Crippen molar-refractivity contribution in [2.24, 2.45) is 0 Å². The van der Waals surface area contributed by atoms with E-state index in [0.29, 0.717) is 0 Å². The summed E-state index contributed by atoms with van der Waals surface area (Å²) < 4.78 is 12.5. The van der Waals surface area contributed by atoms with Crippen LogP contribution < -0.4 is 8.85 Å². The summed E-state index contributed by atoms with van der Waals surface area (Å²) >= 11 is 0. The Morgan fingerprint density at radius 1 is 0.421 bits per heavy atom. The van der Waals surface area contributed by atoms with Gasteiger partial charge in [0, 0.05) is 11.1 Å². The molecule has 0 radical (unpaired) electrons. The SMILES string of the molecule is C[Si](C)(C)Oc1ccccc1/C=C/c1ccc(-c2ccc(/C=C/c3ccccc3O[Si](C)(C)C)cc2)cc1. The molecule has 0 unspecified atom stereocenters. The van der Waals surface area contributed by atoms with E-state index in [2.05, 4.69) is 149 Å². The van der Waals surface area contributed by atoms with Gasteiger partial charge in [-0.2, -0.15) is 0 Å². The van der Waals surface area contributed by atoms with Gasteiger partial charge in [0.1, 0.15) is 11.5 Å². The molecule has 0 amide bonds. The zero-order valence-electron chi connectivity index (χ0n) is 23.4. The first kappa shape index (κ1) is 27.4. The third kappa shape index (κ3) is 8.20. The van der Waals surface area contributed by atoms with Crippen molar-refractivity contribution in [2.75, 3.05) is 0 Å². The van der Waals surface area contributed by atoms with E-state index in [1.165, 1.54) is 11.1 Å². The molecule has 0 saturated heterocycles. The average molecular weight is 535 g/mol. The number of benzene rings is 4. The van der Waals surface area contributed by atoms with Crippen LogP contribution >= 0.6 is 0 Å². The van der Waals surface area contributed by atoms with Crippen molar-refractivity contribution < 1.29 is 8.85 Å². The molecule has 0 atom stereocenters. The van der Waals surface area contributed by atoms with Gasteiger partial charge in [-0.15, -0.1) is 0 Å². The van der Waals surface area contributed by atoms with Gasteiger partial charge in [-0.1, -0.05) is 109 Å². The van der Waals surface area contributed by atoms with Crippen LogP contribution in [0.25, 0.3) is 35.4 Å². The molecule has 0 heterocycles. The summed E-state index contributed by atoms with van der Waals surface area (Å²) in [7, 11) is -3.33. The first-order valence-corrected chi connectivity index (χ1v) is 20.0. The van der Waals surface area contributed by atoms with Crippen LogP contribution in [0.1, 0.15) is 22.3 Å². The fourth-order valence-electron chi connectivity index (χ4n) is 4.03. The Balaban J connectivity index is 1.44. The standard InChI is InChI=1S/C34H38O2Si2/c1-37(2,3)35-33-13-9-7-11-31(33)25-19-27-15-21-29(22-16-27)30-23-17-28(18-24-30)20-26-32-12-8-10-14-34(32)36-38(4,5)6/h7-26H,1-6H3/b25-19+,26-20+. The molecular weight excluding hydrogens is 497 g/mol. The summed E-state index contributed by atoms with van der Waals surface area (Å²) in [4.78, 5) is 0. The van der Waals surface area contributed by atoms with E-state index in [0.717, 1.165) is 33.8 Å². The number of rotatable bonds is 9. The van der Waals surface area contributed by atoms with E-state index < -0.39 is 16.6 Å². The summed E-state index contributed by atoms with van der Waals surface area (Å²) in [5.74, 6) is 1.92. The second kappa shape index (κ2) is 11.8. The smallest absolute Gasteiger partial charge is 0.242 e. The number of hydrogen-bond donors (Lipinski definition) is 0. The minimum absolute atomic E-state index is 0.959. The van der Waals surface area contributed by atoms with E-state index in [-0.39, 0.29) is 0 Å². The fraction of sp³-hybridized carbons (Fsp3) is 0.176. The van der Waals surface area contributed by atoms with Crippen LogP contribution in [0.2, 0.25) is 39.3 Å². The van der Waals surface area contributed by atoms with Crippen molar-refractivity contribution in [2.45, 2.75) is 39.3 Å². The lowest BCUT2D eigenvalue weighted by Gasteiger charge is -2.20. The first-order valence-electron chi connectivity index (χ1n) is 13.2. The van der Waals surface area contributed by atoms with Crippen molar-refractivity contribution in [1.29, 1.82) is 0 Å². The molecule has 0 aromatic heterocycles. The maximum Gasteiger partial charge on any atom is 0.242 e. The lowest BCUT2D eigenvalue weighted by molar-refractivity contribution is 0.556. The summed E-state index contributed by atoms with van der Waals surface area (Å²) in [5, 5.41) is 0. The Hall–Kier alpha value is -3.61. The maximum atomic E-state index is 6.25. The number of para-hydroxylation sites is 2. The van der Waals surface area contributed by atoms with Crippen LogP contribution in [0, 0.1) is 0 Å². The first-order chi connectivity index (χ1) is 18.1. The van der Waals surface area contributed by atoms with Crippen LogP contribution in [-0.2, 0) is 0 Å². The van der Waals surface area contributed by atoms with Crippen molar-refractivity contribution in [3.05, 3.63) is 119 Å². The largest absolute Gasteiger partial charge is 0.544 e. The van der Waals surface area contributed by atoms with Crippen LogP contribution in [-0.4, -0.2) is 16.6 Å². The molecule has 0 fully saturated rings. The summed E-state index contributed by atoms with van der Waals surface area (Å²) in [6, 6.07) is 33.9. The minimum Gasteiger partial charge on any atom is -0.544 e. The molecule has 4 aromatic rings. The van der Waals surface area contributed by atoms with Gasteiger partial charge >= 0.3 is 0 Å². The molecule has 4 rings (SSSR count). The van der Waals surface area contributed by atoms with Gasteiger partial charge in [-0.3, -0.25) is 0 Å². The highest BCUT2D eigenvalue weighted by atomic mass is 28.4. The zero-order valence-corrected chi connectivity index (χ0v) is 25.4. The molecule has 0 spiro atoms. The van der Waals surface area contributed by atoms with E-state index in [1.54, 1.807) is 0 Å². The van der Waals surface area contributed by atoms with Crippen LogP contribution in [0.3, 0.4) is 0 Å². The average Bonchev–Trinajstić information content (AvgIpc) is 2.87. The van der Waals surface area contributed by atoms with Gasteiger partial charge in [-0.25, -0.2) is 0 Å². The topological polar surface area (TPSA) is 18.5 Å². The number of hydrogen-bond acceptors (Lipinski definition) is 2. The lowest BCUT2D eigenvalue weighted by atomic mass is 10.0. The van der Waals surface area contributed by atoms with E-state index in [9.17, 15) is 0 Å². The third-order valence-electron chi connectivity index (χ3n) is 5.74. The third-order valence-corrected chi connectivity index (χ3v) is 7.40. The highest BCUT2D eigenvalue weighted by molar-refractivity contribution is 6.70. The molecule has 38 heavy (non-hydrogen) atoms. The minimum atomic E-state index is -1.66. The quantitative estimate of drug-likeness (QED) is 0.157. The van der Waals surface area contributed by atoms with Crippen molar-refractivity contribution in [3.8, 4) is 22.6 Å². The Kier molecular flexibility index (Phi) is 8.55. The van der Waals surface area contributed by atoms with E-state index >= 15 is 0 Å². The molecule has 0 bridgehead atoms. The van der Waals surface area contributed by atoms with Gasteiger partial charge in [0.15, 0.2) is 0 Å². The zero-order chi connectivity index (χ0) is 27.2. The molecule has 0 saturated carbocycles. The predicted molar refractivity (Wildman–Crippen MR) is 171 cm³/mol. The molecule has 4 heteroatoms. The summed E-state index contributed by atoms with van der Waals surface area (Å²) in [6.07, 6.45) is 8.57. The predicted octanol–water partition coefficient (Wildman–Crippen LogP) is 10.1. The van der Waals surface area contributed by atoms with Gasteiger partial charge in [-0.05, 0) is 73.7 Å². The van der Waals surface area contributed by atoms with Crippen molar-refractivity contribution >= 4 is 40.9 Å². The molecule has 0 aliphatic heterocycles. The van der Waals surface area contributed by atoms with Crippen LogP contribution in [0.5, 0.6) is 11.5 Å². The lowest BCUT2D eigenvalue weighted by Crippen LogP contribution is -2.29. The Labute approximate surface area is 230 Å². The van der Waals surface area contributed by atoms with E-state index in [1.807, 2.05) is 12.1 Å². The molecule has 0 N–H and O–H groups in total. The second-order valence-corrected chi connectivity index (χ2v) is 20.3. The van der Waals surface area contributed by atoms with Crippen LogP contribution in [0.15, 0.2) is 97.1 Å². The highest BCUT2D eigenvalue weighted by Gasteiger charge is 2.18. The summed E-state index contributed by atoms with van der Waals surface area (Å²) in [5.41, 5.74) is 6.95. The molecule has 2 nitrogen and oxygen atoms in total. The molecule has 0 aliphatic carbocycles. The molecule has 0 aliphatic rings. The fourth-order valence-corrected chi connectivity index (χ4v) is 5.72. The van der Waals surface area contributed by atoms with Crippen molar-refractivity contribution in [3.63, 3.8) is 0 Å². The second-order valence-electron chi connectivity index (χ2n) is 11.4. The highest BCUT2D eigenvalue weighted by Crippen LogP contribution is 2.27. The Morgan fingerprint density at radius 3 is 1.11 bits per heavy atom. The van der Waals surface area contributed by atoms with Gasteiger partial charge in [0.05, 0.1) is 0 Å². The van der Waals surface area contributed by atoms with Gasteiger partial charge < -0.3 is 8.85 Å². The van der Waals surface area contributed by atoms with Gasteiger partial charge in [0.25, 0.3) is 0 Å². The normalized spacial score (nSPS) is 12.3. The maximum absolute atomic E-state index is 6.25. The van der Waals surface area contributed by atoms with Gasteiger partial charge in [0.2, 0.25) is 16.6 Å². The summed E-state index contributed by atoms with van der Waals surface area (Å²) in [6.45, 7) is 13.2. The molecule has 194 valence electrons. The Morgan fingerprint density at radius 2 is 0.763 bits per heavy atom.